The molecule has 0 aromatic rings. The van der Waals surface area contributed by atoms with Gasteiger partial charge in [0.25, 0.3) is 0 Å². The van der Waals surface area contributed by atoms with Crippen LogP contribution in [0.4, 0.5) is 9.59 Å². The molecule has 0 aliphatic carbocycles. The van der Waals surface area contributed by atoms with E-state index in [0.717, 1.165) is 0 Å². The Hall–Kier alpha value is -2.60. The summed E-state index contributed by atoms with van der Waals surface area (Å²) in [4.78, 5) is 44.2. The molecule has 0 spiro atoms. The summed E-state index contributed by atoms with van der Waals surface area (Å²) in [5, 5.41) is 11.2. The quantitative estimate of drug-likeness (QED) is 0.158. The van der Waals surface area contributed by atoms with Crippen LogP contribution < -0.4 is 21.3 Å². The third-order valence-corrected chi connectivity index (χ3v) is 3.02. The third-order valence-electron chi connectivity index (χ3n) is 3.02. The first-order valence-corrected chi connectivity index (χ1v) is 9.03. The first-order valence-electron chi connectivity index (χ1n) is 9.03. The molecule has 0 saturated carbocycles. The Morgan fingerprint density at radius 2 is 0.929 bits per heavy atom. The van der Waals surface area contributed by atoms with E-state index < -0.39 is 37.7 Å². The number of hydrogen-bond donors (Lipinski definition) is 4. The highest BCUT2D eigenvalue weighted by Crippen LogP contribution is 1.86. The van der Waals surface area contributed by atoms with Crippen LogP contribution in [0.25, 0.3) is 0 Å². The van der Waals surface area contributed by atoms with Gasteiger partial charge in [-0.1, -0.05) is 13.8 Å². The van der Waals surface area contributed by atoms with E-state index in [-0.39, 0.29) is 12.8 Å². The molecule has 0 bridgehead atoms. The SMILES string of the molecule is CCC(=O)OCOC(=O)NCCNCCNCCNC(=O)OCOC(=O)CC. The average Bonchev–Trinajstić information content (AvgIpc) is 2.68. The molecular weight excluding hydrogens is 376 g/mol. The monoisotopic (exact) mass is 406 g/mol. The Balaban J connectivity index is 3.33. The fourth-order valence-corrected chi connectivity index (χ4v) is 1.54. The summed E-state index contributed by atoms with van der Waals surface area (Å²) < 4.78 is 18.5. The second kappa shape index (κ2) is 17.8. The number of amides is 2. The van der Waals surface area contributed by atoms with Gasteiger partial charge in [-0.2, -0.15) is 0 Å². The number of rotatable bonds is 15. The largest absolute Gasteiger partial charge is 0.428 e. The minimum Gasteiger partial charge on any atom is -0.428 e. The van der Waals surface area contributed by atoms with E-state index >= 15 is 0 Å². The molecule has 0 unspecified atom stereocenters. The molecule has 0 aliphatic rings. The number of carbonyl (C=O) groups is 4. The van der Waals surface area contributed by atoms with E-state index in [1.807, 2.05) is 0 Å². The van der Waals surface area contributed by atoms with Crippen LogP contribution in [0, 0.1) is 0 Å². The van der Waals surface area contributed by atoms with E-state index in [0.29, 0.717) is 39.3 Å². The summed E-state index contributed by atoms with van der Waals surface area (Å²) in [6, 6.07) is 0. The van der Waals surface area contributed by atoms with Crippen molar-refractivity contribution in [1.29, 1.82) is 0 Å². The van der Waals surface area contributed by atoms with Gasteiger partial charge in [0.1, 0.15) is 0 Å². The first-order chi connectivity index (χ1) is 13.5. The molecule has 0 fully saturated rings. The van der Waals surface area contributed by atoms with E-state index in [2.05, 4.69) is 40.2 Å². The minimum atomic E-state index is -0.661. The Labute approximate surface area is 164 Å². The molecule has 12 nitrogen and oxygen atoms in total. The van der Waals surface area contributed by atoms with Crippen LogP contribution >= 0.6 is 0 Å². The molecule has 0 aromatic carbocycles. The van der Waals surface area contributed by atoms with Crippen molar-refractivity contribution in [3.8, 4) is 0 Å². The number of nitrogens with one attached hydrogen (secondary N) is 4. The van der Waals surface area contributed by atoms with Gasteiger partial charge in [-0.3, -0.25) is 9.59 Å². The maximum Gasteiger partial charge on any atom is 0.410 e. The van der Waals surface area contributed by atoms with Crippen LogP contribution in [0.1, 0.15) is 26.7 Å². The Morgan fingerprint density at radius 1 is 0.571 bits per heavy atom. The standard InChI is InChI=1S/C16H30N4O8/c1-3-13(21)25-11-27-15(23)19-9-7-17-5-6-18-8-10-20-16(24)28-12-26-14(22)4-2/h17-18H,3-12H2,1-2H3,(H,19,23)(H,20,24). The van der Waals surface area contributed by atoms with Crippen molar-refractivity contribution in [2.24, 2.45) is 0 Å². The van der Waals surface area contributed by atoms with Crippen molar-refractivity contribution < 1.29 is 38.1 Å². The van der Waals surface area contributed by atoms with Crippen LogP contribution in [0.3, 0.4) is 0 Å². The van der Waals surface area contributed by atoms with Gasteiger partial charge in [0.15, 0.2) is 0 Å². The van der Waals surface area contributed by atoms with Gasteiger partial charge in [-0.05, 0) is 0 Å². The summed E-state index contributed by atoms with van der Waals surface area (Å²) in [6.07, 6.45) is -0.879. The van der Waals surface area contributed by atoms with Gasteiger partial charge < -0.3 is 40.2 Å². The van der Waals surface area contributed by atoms with Crippen molar-refractivity contribution in [3.05, 3.63) is 0 Å². The second-order valence-corrected chi connectivity index (χ2v) is 5.19. The zero-order valence-corrected chi connectivity index (χ0v) is 16.3. The lowest BCUT2D eigenvalue weighted by Crippen LogP contribution is -2.37. The zero-order valence-electron chi connectivity index (χ0n) is 16.3. The topological polar surface area (TPSA) is 153 Å². The molecule has 0 atom stereocenters. The molecule has 12 heteroatoms. The second-order valence-electron chi connectivity index (χ2n) is 5.19. The Morgan fingerprint density at radius 3 is 1.29 bits per heavy atom. The summed E-state index contributed by atoms with van der Waals surface area (Å²) >= 11 is 0. The van der Waals surface area contributed by atoms with Gasteiger partial charge >= 0.3 is 24.1 Å². The molecule has 4 N–H and O–H groups in total. The predicted molar refractivity (Wildman–Crippen MR) is 97.2 cm³/mol. The van der Waals surface area contributed by atoms with Gasteiger partial charge in [-0.25, -0.2) is 9.59 Å². The summed E-state index contributed by atoms with van der Waals surface area (Å²) in [5.74, 6) is -0.877. The molecule has 0 rings (SSSR count). The highest BCUT2D eigenvalue weighted by molar-refractivity contribution is 5.70. The van der Waals surface area contributed by atoms with Crippen LogP contribution in [0.5, 0.6) is 0 Å². The molecule has 0 aliphatic heterocycles. The molecular formula is C16H30N4O8. The fraction of sp³-hybridized carbons (Fsp3) is 0.750. The summed E-state index contributed by atoms with van der Waals surface area (Å²) in [6.45, 7) is 5.57. The van der Waals surface area contributed by atoms with E-state index in [4.69, 9.17) is 0 Å². The molecule has 0 radical (unpaired) electrons. The van der Waals surface area contributed by atoms with Crippen molar-refractivity contribution >= 4 is 24.1 Å². The molecule has 0 aromatic heterocycles. The summed E-state index contributed by atoms with van der Waals surface area (Å²) in [7, 11) is 0. The highest BCUT2D eigenvalue weighted by Gasteiger charge is 2.04. The normalized spacial score (nSPS) is 9.93. The number of alkyl carbamates (subject to hydrolysis) is 2. The molecule has 2 amide bonds. The number of esters is 2. The smallest absolute Gasteiger partial charge is 0.410 e. The maximum atomic E-state index is 11.3. The minimum absolute atomic E-state index is 0.221. The fourth-order valence-electron chi connectivity index (χ4n) is 1.54. The van der Waals surface area contributed by atoms with Crippen molar-refractivity contribution in [2.45, 2.75) is 26.7 Å². The lowest BCUT2D eigenvalue weighted by atomic mass is 10.5. The molecule has 0 saturated heterocycles. The zero-order chi connectivity index (χ0) is 21.0. The Bertz CT molecular complexity index is 434. The maximum absolute atomic E-state index is 11.3. The van der Waals surface area contributed by atoms with Crippen molar-refractivity contribution in [3.63, 3.8) is 0 Å². The van der Waals surface area contributed by atoms with Gasteiger partial charge in [0.2, 0.25) is 13.6 Å². The molecule has 162 valence electrons. The Kier molecular flexibility index (Phi) is 16.1. The highest BCUT2D eigenvalue weighted by atomic mass is 16.7. The lowest BCUT2D eigenvalue weighted by molar-refractivity contribution is -0.152. The van der Waals surface area contributed by atoms with Gasteiger partial charge in [-0.15, -0.1) is 0 Å². The number of hydrogen-bond acceptors (Lipinski definition) is 10. The van der Waals surface area contributed by atoms with Gasteiger partial charge in [0, 0.05) is 52.1 Å². The molecule has 28 heavy (non-hydrogen) atoms. The van der Waals surface area contributed by atoms with Crippen LogP contribution in [-0.4, -0.2) is 77.0 Å². The predicted octanol–water partition coefficient (Wildman–Crippen LogP) is -0.561. The van der Waals surface area contributed by atoms with E-state index in [1.54, 1.807) is 13.8 Å². The van der Waals surface area contributed by atoms with Crippen molar-refractivity contribution in [1.82, 2.24) is 21.3 Å². The average molecular weight is 406 g/mol. The third kappa shape index (κ3) is 16.8. The van der Waals surface area contributed by atoms with Gasteiger partial charge in [0.05, 0.1) is 0 Å². The number of carbonyl (C=O) groups excluding carboxylic acids is 4. The van der Waals surface area contributed by atoms with Crippen LogP contribution in [0.2, 0.25) is 0 Å². The molecule has 0 heterocycles. The van der Waals surface area contributed by atoms with Crippen molar-refractivity contribution in [2.75, 3.05) is 52.9 Å². The van der Waals surface area contributed by atoms with E-state index in [1.165, 1.54) is 0 Å². The van der Waals surface area contributed by atoms with E-state index in [9.17, 15) is 19.2 Å². The van der Waals surface area contributed by atoms with Crippen LogP contribution in [-0.2, 0) is 28.5 Å². The first kappa shape index (κ1) is 25.4. The van der Waals surface area contributed by atoms with Crippen LogP contribution in [0.15, 0.2) is 0 Å². The number of ether oxygens (including phenoxy) is 4. The lowest BCUT2D eigenvalue weighted by Gasteiger charge is -2.09. The summed E-state index contributed by atoms with van der Waals surface area (Å²) in [5.41, 5.74) is 0.